The summed E-state index contributed by atoms with van der Waals surface area (Å²) in [5.74, 6) is 0.226. The first kappa shape index (κ1) is 28.3. The predicted octanol–water partition coefficient (Wildman–Crippen LogP) is 3.43. The fourth-order valence-corrected chi connectivity index (χ4v) is 4.74. The van der Waals surface area contributed by atoms with Gasteiger partial charge in [-0.3, -0.25) is 9.59 Å². The van der Waals surface area contributed by atoms with Gasteiger partial charge in [0.1, 0.15) is 11.8 Å². The summed E-state index contributed by atoms with van der Waals surface area (Å²) in [6.45, 7) is 6.03. The van der Waals surface area contributed by atoms with Gasteiger partial charge in [0.05, 0.1) is 12.0 Å². The van der Waals surface area contributed by atoms with E-state index in [-0.39, 0.29) is 42.3 Å². The Bertz CT molecular complexity index is 1080. The molecular formula is C26H37N3O5S. The summed E-state index contributed by atoms with van der Waals surface area (Å²) < 4.78 is 32.0. The molecule has 192 valence electrons. The van der Waals surface area contributed by atoms with Gasteiger partial charge in [-0.2, -0.15) is 0 Å². The molecule has 2 amide bonds. The van der Waals surface area contributed by atoms with E-state index in [4.69, 9.17) is 4.74 Å². The smallest absolute Gasteiger partial charge is 0.242 e. The number of nitrogens with zero attached hydrogens (tertiary/aromatic N) is 2. The van der Waals surface area contributed by atoms with Crippen LogP contribution in [0, 0.1) is 0 Å². The molecule has 0 radical (unpaired) electrons. The lowest BCUT2D eigenvalue weighted by Crippen LogP contribution is -2.49. The van der Waals surface area contributed by atoms with Crippen molar-refractivity contribution in [3.05, 3.63) is 60.2 Å². The van der Waals surface area contributed by atoms with Crippen molar-refractivity contribution in [2.45, 2.75) is 63.6 Å². The van der Waals surface area contributed by atoms with Gasteiger partial charge in [-0.1, -0.05) is 37.3 Å². The van der Waals surface area contributed by atoms with E-state index in [2.05, 4.69) is 5.32 Å². The lowest BCUT2D eigenvalue weighted by Gasteiger charge is -2.30. The highest BCUT2D eigenvalue weighted by atomic mass is 32.2. The fourth-order valence-electron chi connectivity index (χ4n) is 3.50. The van der Waals surface area contributed by atoms with Crippen LogP contribution in [0.5, 0.6) is 5.75 Å². The van der Waals surface area contributed by atoms with Crippen LogP contribution in [0.15, 0.2) is 59.5 Å². The summed E-state index contributed by atoms with van der Waals surface area (Å²) >= 11 is 0. The van der Waals surface area contributed by atoms with E-state index in [0.29, 0.717) is 12.2 Å². The van der Waals surface area contributed by atoms with E-state index in [9.17, 15) is 18.0 Å². The summed E-state index contributed by atoms with van der Waals surface area (Å²) in [6.07, 6.45) is 1.22. The number of carbonyl (C=O) groups is 2. The molecule has 0 aliphatic rings. The van der Waals surface area contributed by atoms with Crippen LogP contribution in [0.4, 0.5) is 0 Å². The first-order valence-corrected chi connectivity index (χ1v) is 13.3. The highest BCUT2D eigenvalue weighted by molar-refractivity contribution is 7.89. The zero-order valence-corrected chi connectivity index (χ0v) is 22.0. The molecule has 0 unspecified atom stereocenters. The summed E-state index contributed by atoms with van der Waals surface area (Å²) in [6, 6.07) is 14.9. The molecule has 35 heavy (non-hydrogen) atoms. The first-order valence-electron chi connectivity index (χ1n) is 11.8. The highest BCUT2D eigenvalue weighted by Crippen LogP contribution is 2.18. The monoisotopic (exact) mass is 503 g/mol. The minimum Gasteiger partial charge on any atom is -0.497 e. The normalized spacial score (nSPS) is 13.2. The van der Waals surface area contributed by atoms with Crippen molar-refractivity contribution in [3.8, 4) is 5.75 Å². The Morgan fingerprint density at radius 3 is 2.37 bits per heavy atom. The van der Waals surface area contributed by atoms with Crippen LogP contribution in [-0.2, 0) is 26.2 Å². The van der Waals surface area contributed by atoms with Gasteiger partial charge >= 0.3 is 0 Å². The summed E-state index contributed by atoms with van der Waals surface area (Å²) in [4.78, 5) is 27.8. The third-order valence-electron chi connectivity index (χ3n) is 5.97. The Morgan fingerprint density at radius 2 is 1.74 bits per heavy atom. The van der Waals surface area contributed by atoms with E-state index < -0.39 is 16.1 Å². The van der Waals surface area contributed by atoms with Crippen molar-refractivity contribution in [2.75, 3.05) is 20.7 Å². The molecular weight excluding hydrogens is 466 g/mol. The summed E-state index contributed by atoms with van der Waals surface area (Å²) in [5.41, 5.74) is 0.838. The van der Waals surface area contributed by atoms with Gasteiger partial charge in [0.15, 0.2) is 0 Å². The molecule has 8 nitrogen and oxygen atoms in total. The second-order valence-corrected chi connectivity index (χ2v) is 10.7. The Hall–Kier alpha value is -2.91. The van der Waals surface area contributed by atoms with Crippen molar-refractivity contribution in [2.24, 2.45) is 0 Å². The van der Waals surface area contributed by atoms with E-state index >= 15 is 0 Å². The largest absolute Gasteiger partial charge is 0.497 e. The summed E-state index contributed by atoms with van der Waals surface area (Å²) in [7, 11) is -0.553. The fraction of sp³-hybridized carbons (Fsp3) is 0.462. The Kier molecular flexibility index (Phi) is 10.7. The topological polar surface area (TPSA) is 96.0 Å². The molecule has 0 fully saturated rings. The SMILES string of the molecule is CC[C@@H](C)NC(=O)[C@H](C)N(Cc1cccc(OC)c1)C(=O)CCCN(C)S(=O)(=O)c1ccccc1. The van der Waals surface area contributed by atoms with E-state index in [1.807, 2.05) is 38.1 Å². The van der Waals surface area contributed by atoms with E-state index in [1.54, 1.807) is 44.4 Å². The van der Waals surface area contributed by atoms with Crippen molar-refractivity contribution >= 4 is 21.8 Å². The second-order valence-electron chi connectivity index (χ2n) is 8.61. The number of carbonyl (C=O) groups excluding carboxylic acids is 2. The molecule has 0 aromatic heterocycles. The number of hydrogen-bond donors (Lipinski definition) is 1. The summed E-state index contributed by atoms with van der Waals surface area (Å²) in [5, 5.41) is 2.94. The third kappa shape index (κ3) is 8.07. The van der Waals surface area contributed by atoms with E-state index in [1.165, 1.54) is 16.3 Å². The van der Waals surface area contributed by atoms with Crippen molar-refractivity contribution < 1.29 is 22.7 Å². The number of benzene rings is 2. The van der Waals surface area contributed by atoms with Crippen LogP contribution in [0.25, 0.3) is 0 Å². The zero-order chi connectivity index (χ0) is 26.0. The average Bonchev–Trinajstić information content (AvgIpc) is 2.87. The van der Waals surface area contributed by atoms with Crippen LogP contribution < -0.4 is 10.1 Å². The van der Waals surface area contributed by atoms with Crippen molar-refractivity contribution in [1.82, 2.24) is 14.5 Å². The Morgan fingerprint density at radius 1 is 1.06 bits per heavy atom. The van der Waals surface area contributed by atoms with Crippen molar-refractivity contribution in [3.63, 3.8) is 0 Å². The molecule has 9 heteroatoms. The molecule has 2 rings (SSSR count). The molecule has 0 saturated heterocycles. The maximum atomic E-state index is 13.3. The molecule has 2 aromatic carbocycles. The Balaban J connectivity index is 2.11. The van der Waals surface area contributed by atoms with Crippen LogP contribution in [0.1, 0.15) is 45.6 Å². The van der Waals surface area contributed by atoms with Crippen LogP contribution >= 0.6 is 0 Å². The number of amides is 2. The van der Waals surface area contributed by atoms with Gasteiger partial charge in [-0.25, -0.2) is 12.7 Å². The van der Waals surface area contributed by atoms with Gasteiger partial charge < -0.3 is 15.0 Å². The molecule has 0 aliphatic carbocycles. The molecule has 0 saturated carbocycles. The van der Waals surface area contributed by atoms with Crippen LogP contribution in [0.2, 0.25) is 0 Å². The number of nitrogens with one attached hydrogen (secondary N) is 1. The average molecular weight is 504 g/mol. The quantitative estimate of drug-likeness (QED) is 0.452. The number of sulfonamides is 1. The highest BCUT2D eigenvalue weighted by Gasteiger charge is 2.27. The Labute approximate surface area is 209 Å². The van der Waals surface area contributed by atoms with Gasteiger partial charge in [-0.05, 0) is 56.5 Å². The first-order chi connectivity index (χ1) is 16.6. The molecule has 0 bridgehead atoms. The molecule has 0 aliphatic heterocycles. The minimum absolute atomic E-state index is 0.00411. The van der Waals surface area contributed by atoms with Crippen molar-refractivity contribution in [1.29, 1.82) is 0 Å². The number of hydrogen-bond acceptors (Lipinski definition) is 5. The zero-order valence-electron chi connectivity index (χ0n) is 21.2. The molecule has 0 heterocycles. The molecule has 2 atom stereocenters. The number of ether oxygens (including phenoxy) is 1. The second kappa shape index (κ2) is 13.3. The van der Waals surface area contributed by atoms with Gasteiger partial charge in [0, 0.05) is 32.6 Å². The number of rotatable bonds is 13. The van der Waals surface area contributed by atoms with Crippen LogP contribution in [0.3, 0.4) is 0 Å². The molecule has 2 aromatic rings. The lowest BCUT2D eigenvalue weighted by molar-refractivity contribution is -0.141. The minimum atomic E-state index is -3.63. The predicted molar refractivity (Wildman–Crippen MR) is 136 cm³/mol. The van der Waals surface area contributed by atoms with Gasteiger partial charge in [0.2, 0.25) is 21.8 Å². The van der Waals surface area contributed by atoms with Gasteiger partial charge in [0.25, 0.3) is 0 Å². The third-order valence-corrected chi connectivity index (χ3v) is 7.84. The van der Waals surface area contributed by atoms with Crippen LogP contribution in [-0.4, -0.2) is 62.2 Å². The maximum absolute atomic E-state index is 13.3. The maximum Gasteiger partial charge on any atom is 0.242 e. The van der Waals surface area contributed by atoms with Gasteiger partial charge in [-0.15, -0.1) is 0 Å². The standard InChI is InChI=1S/C26H37N3O5S/c1-6-20(2)27-26(31)21(3)29(19-22-12-10-13-23(18-22)34-5)25(30)16-11-17-28(4)35(32,33)24-14-8-7-9-15-24/h7-10,12-15,18,20-21H,6,11,16-17,19H2,1-5H3,(H,27,31)/t20-,21+/m1/s1. The van der Waals surface area contributed by atoms with E-state index in [0.717, 1.165) is 12.0 Å². The number of methoxy groups -OCH3 is 1. The lowest BCUT2D eigenvalue weighted by atomic mass is 10.1. The molecule has 1 N–H and O–H groups in total. The molecule has 0 spiro atoms.